The van der Waals surface area contributed by atoms with E-state index in [4.69, 9.17) is 4.98 Å². The Labute approximate surface area is 207 Å². The highest BCUT2D eigenvalue weighted by molar-refractivity contribution is 7.13. The van der Waals surface area contributed by atoms with Gasteiger partial charge < -0.3 is 5.32 Å². The van der Waals surface area contributed by atoms with Crippen molar-refractivity contribution in [3.05, 3.63) is 137 Å². The average molecular weight is 475 g/mol. The fourth-order valence-corrected chi connectivity index (χ4v) is 4.65. The number of aromatic nitrogens is 1. The molecule has 0 aliphatic heterocycles. The Hall–Kier alpha value is -4.35. The van der Waals surface area contributed by atoms with Crippen molar-refractivity contribution in [2.75, 3.05) is 0 Å². The van der Waals surface area contributed by atoms with E-state index in [2.05, 4.69) is 22.8 Å². The maximum Gasteiger partial charge on any atom is 0.252 e. The molecule has 0 unspecified atom stereocenters. The van der Waals surface area contributed by atoms with Crippen molar-refractivity contribution < 1.29 is 9.59 Å². The van der Waals surface area contributed by atoms with Gasteiger partial charge in [-0.3, -0.25) is 9.59 Å². The van der Waals surface area contributed by atoms with E-state index in [1.54, 1.807) is 47.7 Å². The van der Waals surface area contributed by atoms with E-state index in [1.165, 1.54) is 0 Å². The molecule has 0 atom stereocenters. The van der Waals surface area contributed by atoms with Crippen molar-refractivity contribution in [2.24, 2.45) is 0 Å². The molecule has 0 aliphatic rings. The molecule has 1 N–H and O–H groups in total. The lowest BCUT2D eigenvalue weighted by Gasteiger charge is -2.10. The summed E-state index contributed by atoms with van der Waals surface area (Å²) < 4.78 is 0. The molecule has 5 heteroatoms. The Morgan fingerprint density at radius 3 is 2.03 bits per heavy atom. The molecule has 0 bridgehead atoms. The van der Waals surface area contributed by atoms with Crippen LogP contribution in [0.25, 0.3) is 21.8 Å². The number of nitrogens with one attached hydrogen (secondary N) is 1. The van der Waals surface area contributed by atoms with Crippen molar-refractivity contribution in [3.8, 4) is 21.8 Å². The Morgan fingerprint density at radius 2 is 1.31 bits per heavy atom. The predicted octanol–water partition coefficient (Wildman–Crippen LogP) is 6.64. The topological polar surface area (TPSA) is 59.1 Å². The van der Waals surface area contributed by atoms with Crippen LogP contribution in [0.5, 0.6) is 0 Å². The number of ketones is 1. The molecule has 0 spiro atoms. The number of nitrogens with zero attached hydrogens (tertiary/aromatic N) is 1. The van der Waals surface area contributed by atoms with E-state index >= 15 is 0 Å². The number of carbonyl (C=O) groups excluding carboxylic acids is 2. The van der Waals surface area contributed by atoms with Gasteiger partial charge in [0.25, 0.3) is 5.91 Å². The van der Waals surface area contributed by atoms with E-state index in [1.807, 2.05) is 60.7 Å². The van der Waals surface area contributed by atoms with E-state index < -0.39 is 0 Å². The summed E-state index contributed by atoms with van der Waals surface area (Å²) in [4.78, 5) is 30.6. The maximum absolute atomic E-state index is 12.9. The highest BCUT2D eigenvalue weighted by Crippen LogP contribution is 2.29. The van der Waals surface area contributed by atoms with Gasteiger partial charge in [-0.2, -0.15) is 0 Å². The molecule has 4 aromatic carbocycles. The summed E-state index contributed by atoms with van der Waals surface area (Å²) in [7, 11) is 0. The third-order valence-corrected chi connectivity index (χ3v) is 6.57. The zero-order chi connectivity index (χ0) is 24.0. The summed E-state index contributed by atoms with van der Waals surface area (Å²) in [6.07, 6.45) is 0. The fraction of sp³-hybridized carbons (Fsp3) is 0.0333. The minimum atomic E-state index is -0.276. The van der Waals surface area contributed by atoms with Crippen LogP contribution in [-0.4, -0.2) is 16.7 Å². The van der Waals surface area contributed by atoms with Crippen molar-refractivity contribution in [1.82, 2.24) is 10.3 Å². The van der Waals surface area contributed by atoms with Crippen molar-refractivity contribution in [2.45, 2.75) is 6.54 Å². The second-order valence-electron chi connectivity index (χ2n) is 8.02. The van der Waals surface area contributed by atoms with Crippen LogP contribution in [0.15, 0.2) is 115 Å². The van der Waals surface area contributed by atoms with Crippen molar-refractivity contribution >= 4 is 23.0 Å². The van der Waals surface area contributed by atoms with Gasteiger partial charge in [-0.15, -0.1) is 11.3 Å². The minimum absolute atomic E-state index is 0.168. The van der Waals surface area contributed by atoms with Gasteiger partial charge >= 0.3 is 0 Å². The van der Waals surface area contributed by atoms with Gasteiger partial charge in [-0.1, -0.05) is 103 Å². The molecule has 0 radical (unpaired) electrons. The van der Waals surface area contributed by atoms with Gasteiger partial charge in [-0.05, 0) is 11.6 Å². The molecule has 4 nitrogen and oxygen atoms in total. The van der Waals surface area contributed by atoms with Gasteiger partial charge in [0.15, 0.2) is 5.78 Å². The lowest BCUT2D eigenvalue weighted by molar-refractivity contribution is 0.0939. The smallest absolute Gasteiger partial charge is 0.252 e. The molecule has 0 fully saturated rings. The number of amides is 1. The number of thiazole rings is 1. The SMILES string of the molecule is O=C(NCc1ccc(-c2nc(-c3ccccc3)cs2)cc1)c1ccccc1C(=O)c1ccccc1. The minimum Gasteiger partial charge on any atom is -0.348 e. The highest BCUT2D eigenvalue weighted by atomic mass is 32.1. The number of benzene rings is 4. The zero-order valence-corrected chi connectivity index (χ0v) is 19.7. The first-order valence-corrected chi connectivity index (χ1v) is 12.1. The maximum atomic E-state index is 12.9. The molecule has 170 valence electrons. The average Bonchev–Trinajstić information content (AvgIpc) is 3.43. The molecule has 35 heavy (non-hydrogen) atoms. The Balaban J connectivity index is 1.26. The number of carbonyl (C=O) groups is 2. The Kier molecular flexibility index (Phi) is 6.59. The second kappa shape index (κ2) is 10.3. The lowest BCUT2D eigenvalue weighted by atomic mass is 9.98. The molecule has 0 saturated carbocycles. The van der Waals surface area contributed by atoms with Gasteiger partial charge in [-0.25, -0.2) is 4.98 Å². The molecule has 1 amide bonds. The molecule has 1 aromatic heterocycles. The van der Waals surface area contributed by atoms with Crippen LogP contribution in [0.3, 0.4) is 0 Å². The normalized spacial score (nSPS) is 10.6. The van der Waals surface area contributed by atoms with Crippen LogP contribution >= 0.6 is 11.3 Å². The van der Waals surface area contributed by atoms with Crippen molar-refractivity contribution in [3.63, 3.8) is 0 Å². The highest BCUT2D eigenvalue weighted by Gasteiger charge is 2.17. The number of hydrogen-bond donors (Lipinski definition) is 1. The standard InChI is InChI=1S/C30H22N2O2S/c33-28(23-11-5-2-6-12-23)25-13-7-8-14-26(25)29(34)31-19-21-15-17-24(18-16-21)30-32-27(20-35-30)22-9-3-1-4-10-22/h1-18,20H,19H2,(H,31,34). The van der Waals surface area contributed by atoms with Gasteiger partial charge in [0.1, 0.15) is 5.01 Å². The lowest BCUT2D eigenvalue weighted by Crippen LogP contribution is -2.25. The van der Waals surface area contributed by atoms with Crippen LogP contribution in [0.2, 0.25) is 0 Å². The van der Waals surface area contributed by atoms with E-state index in [9.17, 15) is 9.59 Å². The van der Waals surface area contributed by atoms with Crippen molar-refractivity contribution in [1.29, 1.82) is 0 Å². The first-order valence-electron chi connectivity index (χ1n) is 11.3. The summed E-state index contributed by atoms with van der Waals surface area (Å²) in [5.74, 6) is -0.444. The summed E-state index contributed by atoms with van der Waals surface area (Å²) in [5, 5.41) is 5.96. The van der Waals surface area contributed by atoms with Crippen LogP contribution in [0, 0.1) is 0 Å². The molecule has 0 aliphatic carbocycles. The molecular formula is C30H22N2O2S. The zero-order valence-electron chi connectivity index (χ0n) is 18.8. The van der Waals surface area contributed by atoms with E-state index in [-0.39, 0.29) is 11.7 Å². The van der Waals surface area contributed by atoms with Gasteiger partial charge in [0.05, 0.1) is 11.3 Å². The molecule has 5 rings (SSSR count). The fourth-order valence-electron chi connectivity index (χ4n) is 3.81. The quantitative estimate of drug-likeness (QED) is 0.269. The van der Waals surface area contributed by atoms with E-state index in [0.717, 1.165) is 27.4 Å². The monoisotopic (exact) mass is 474 g/mol. The summed E-state index contributed by atoms with van der Waals surface area (Å²) in [6, 6.07) is 34.0. The first-order chi connectivity index (χ1) is 17.2. The van der Waals surface area contributed by atoms with Crippen LogP contribution in [-0.2, 0) is 6.54 Å². The van der Waals surface area contributed by atoms with Gasteiger partial charge in [0, 0.05) is 34.2 Å². The number of rotatable bonds is 7. The van der Waals surface area contributed by atoms with E-state index in [0.29, 0.717) is 23.2 Å². The third-order valence-electron chi connectivity index (χ3n) is 5.68. The van der Waals surface area contributed by atoms with Crippen LogP contribution < -0.4 is 5.32 Å². The summed E-state index contributed by atoms with van der Waals surface area (Å²) in [6.45, 7) is 0.361. The first kappa shape index (κ1) is 22.4. The number of hydrogen-bond acceptors (Lipinski definition) is 4. The third kappa shape index (κ3) is 5.10. The molecule has 0 saturated heterocycles. The molecule has 1 heterocycles. The summed E-state index contributed by atoms with van der Waals surface area (Å²) >= 11 is 1.61. The second-order valence-corrected chi connectivity index (χ2v) is 8.88. The predicted molar refractivity (Wildman–Crippen MR) is 140 cm³/mol. The van der Waals surface area contributed by atoms with Crippen LogP contribution in [0.1, 0.15) is 31.8 Å². The molecular weight excluding hydrogens is 452 g/mol. The summed E-state index contributed by atoms with van der Waals surface area (Å²) in [5.41, 5.74) is 5.38. The Morgan fingerprint density at radius 1 is 0.686 bits per heavy atom. The van der Waals surface area contributed by atoms with Crippen LogP contribution in [0.4, 0.5) is 0 Å². The Bertz CT molecular complexity index is 1460. The molecule has 5 aromatic rings. The van der Waals surface area contributed by atoms with Gasteiger partial charge in [0.2, 0.25) is 0 Å². The largest absolute Gasteiger partial charge is 0.348 e.